The quantitative estimate of drug-likeness (QED) is 0.721. The molecule has 1 saturated heterocycles. The Morgan fingerprint density at radius 2 is 1.94 bits per heavy atom. The number of anilines is 1. The third-order valence-electron chi connectivity index (χ3n) is 6.67. The summed E-state index contributed by atoms with van der Waals surface area (Å²) in [4.78, 5) is 26.1. The van der Waals surface area contributed by atoms with E-state index >= 15 is 0 Å². The third-order valence-corrected chi connectivity index (χ3v) is 7.46. The number of urea groups is 1. The van der Waals surface area contributed by atoms with Crippen molar-refractivity contribution in [3.63, 3.8) is 0 Å². The van der Waals surface area contributed by atoms with Gasteiger partial charge in [-0.05, 0) is 38.5 Å². The fourth-order valence-electron chi connectivity index (χ4n) is 4.71. The summed E-state index contributed by atoms with van der Waals surface area (Å²) in [6.07, 6.45) is 2.43. The Kier molecular flexibility index (Phi) is 5.98. The highest BCUT2D eigenvalue weighted by atomic mass is 32.1. The molecule has 180 valence electrons. The molecule has 3 aliphatic rings. The summed E-state index contributed by atoms with van der Waals surface area (Å²) in [5.74, 6) is -0.0283. The fraction of sp³-hybridized carbons (Fsp3) is 0.478. The number of aromatic nitrogens is 2. The van der Waals surface area contributed by atoms with Gasteiger partial charge in [0.25, 0.3) is 0 Å². The molecule has 2 unspecified atom stereocenters. The molecule has 0 radical (unpaired) electrons. The Morgan fingerprint density at radius 1 is 1.18 bits per heavy atom. The van der Waals surface area contributed by atoms with Crippen LogP contribution in [-0.4, -0.2) is 76.4 Å². The number of hydrazine groups is 1. The number of carbonyl (C=O) groups is 1. The van der Waals surface area contributed by atoms with E-state index < -0.39 is 0 Å². The molecule has 3 aliphatic heterocycles. The van der Waals surface area contributed by atoms with Gasteiger partial charge in [0.1, 0.15) is 6.04 Å². The van der Waals surface area contributed by atoms with Crippen LogP contribution >= 0.6 is 11.3 Å². The zero-order valence-electron chi connectivity index (χ0n) is 19.8. The van der Waals surface area contributed by atoms with Crippen molar-refractivity contribution in [1.82, 2.24) is 30.3 Å². The van der Waals surface area contributed by atoms with E-state index in [4.69, 9.17) is 0 Å². The van der Waals surface area contributed by atoms with Crippen LogP contribution in [0.5, 0.6) is 0 Å². The number of amides is 2. The van der Waals surface area contributed by atoms with Crippen molar-refractivity contribution >= 4 is 35.1 Å². The lowest BCUT2D eigenvalue weighted by molar-refractivity contribution is 0.138. The SMILES string of the molecule is CC1=C(c2ccc(F)c(N3CCN(C(=O)N4N=CCC4c4csc(C)n4)CC3)n2)N(C)NC1C. The van der Waals surface area contributed by atoms with E-state index in [2.05, 4.69) is 34.3 Å². The molecular formula is C23H29FN8OS. The second-order valence-corrected chi connectivity index (χ2v) is 9.95. The van der Waals surface area contributed by atoms with Gasteiger partial charge < -0.3 is 14.8 Å². The molecule has 34 heavy (non-hydrogen) atoms. The van der Waals surface area contributed by atoms with Crippen LogP contribution in [0.3, 0.4) is 0 Å². The maximum absolute atomic E-state index is 14.8. The van der Waals surface area contributed by atoms with E-state index in [0.717, 1.165) is 22.1 Å². The molecule has 1 N–H and O–H groups in total. The van der Waals surface area contributed by atoms with Crippen LogP contribution in [0.25, 0.3) is 5.70 Å². The molecule has 11 heteroatoms. The number of rotatable bonds is 3. The molecule has 2 amide bonds. The van der Waals surface area contributed by atoms with E-state index in [-0.39, 0.29) is 23.9 Å². The van der Waals surface area contributed by atoms with Crippen LogP contribution in [0.4, 0.5) is 15.0 Å². The Balaban J connectivity index is 1.28. The lowest BCUT2D eigenvalue weighted by Crippen LogP contribution is -2.52. The summed E-state index contributed by atoms with van der Waals surface area (Å²) >= 11 is 1.57. The van der Waals surface area contributed by atoms with Crippen molar-refractivity contribution in [3.05, 3.63) is 45.3 Å². The van der Waals surface area contributed by atoms with Crippen LogP contribution in [-0.2, 0) is 0 Å². The first-order chi connectivity index (χ1) is 16.3. The van der Waals surface area contributed by atoms with Gasteiger partial charge in [-0.2, -0.15) is 5.10 Å². The Hall–Kier alpha value is -3.05. The fourth-order valence-corrected chi connectivity index (χ4v) is 5.37. The first kappa shape index (κ1) is 22.7. The van der Waals surface area contributed by atoms with E-state index in [1.807, 2.05) is 29.3 Å². The number of nitrogens with zero attached hydrogens (tertiary/aromatic N) is 7. The van der Waals surface area contributed by atoms with Crippen molar-refractivity contribution < 1.29 is 9.18 Å². The Morgan fingerprint density at radius 3 is 2.59 bits per heavy atom. The molecular weight excluding hydrogens is 455 g/mol. The zero-order chi connectivity index (χ0) is 24.0. The number of piperazine rings is 1. The average Bonchev–Trinajstić information content (AvgIpc) is 3.54. The van der Waals surface area contributed by atoms with Gasteiger partial charge in [-0.3, -0.25) is 0 Å². The number of pyridine rings is 1. The summed E-state index contributed by atoms with van der Waals surface area (Å²) in [5, 5.41) is 10.8. The van der Waals surface area contributed by atoms with Crippen molar-refractivity contribution in [2.24, 2.45) is 5.10 Å². The van der Waals surface area contributed by atoms with Crippen LogP contribution in [0.15, 0.2) is 28.2 Å². The molecule has 0 aromatic carbocycles. The monoisotopic (exact) mass is 484 g/mol. The molecule has 2 aromatic rings. The van der Waals surface area contributed by atoms with Crippen LogP contribution in [0.1, 0.15) is 42.7 Å². The number of hydrogen-bond donors (Lipinski definition) is 1. The normalized spacial score (nSPS) is 23.0. The van der Waals surface area contributed by atoms with Gasteiger partial charge in [0.05, 0.1) is 22.1 Å². The zero-order valence-corrected chi connectivity index (χ0v) is 20.6. The van der Waals surface area contributed by atoms with E-state index in [9.17, 15) is 9.18 Å². The summed E-state index contributed by atoms with van der Waals surface area (Å²) < 4.78 is 14.8. The molecule has 9 nitrogen and oxygen atoms in total. The number of hydrazone groups is 1. The maximum Gasteiger partial charge on any atom is 0.341 e. The molecule has 2 atom stereocenters. The largest absolute Gasteiger partial charge is 0.351 e. The van der Waals surface area contributed by atoms with Crippen molar-refractivity contribution in [2.45, 2.75) is 39.3 Å². The second kappa shape index (κ2) is 8.95. The number of nitrogens with one attached hydrogen (secondary N) is 1. The van der Waals surface area contributed by atoms with Gasteiger partial charge in [-0.25, -0.2) is 29.6 Å². The Labute approximate surface area is 202 Å². The van der Waals surface area contributed by atoms with Crippen molar-refractivity contribution in [1.29, 1.82) is 0 Å². The highest BCUT2D eigenvalue weighted by Gasteiger charge is 2.35. The number of thiazole rings is 1. The van der Waals surface area contributed by atoms with Gasteiger partial charge in [-0.1, -0.05) is 0 Å². The number of halogens is 1. The highest BCUT2D eigenvalue weighted by molar-refractivity contribution is 7.09. The summed E-state index contributed by atoms with van der Waals surface area (Å²) in [7, 11) is 1.94. The van der Waals surface area contributed by atoms with E-state index in [1.165, 1.54) is 16.6 Å². The third kappa shape index (κ3) is 4.03. The Bertz CT molecular complexity index is 1160. The molecule has 0 spiro atoms. The molecule has 0 aliphatic carbocycles. The molecule has 5 heterocycles. The first-order valence-electron chi connectivity index (χ1n) is 11.5. The topological polar surface area (TPSA) is 80.2 Å². The lowest BCUT2D eigenvalue weighted by Gasteiger charge is -2.37. The van der Waals surface area contributed by atoms with Gasteiger partial charge in [0.15, 0.2) is 11.6 Å². The molecule has 2 aromatic heterocycles. The number of hydrogen-bond acceptors (Lipinski definition) is 8. The smallest absolute Gasteiger partial charge is 0.341 e. The highest BCUT2D eigenvalue weighted by Crippen LogP contribution is 2.31. The average molecular weight is 485 g/mol. The maximum atomic E-state index is 14.8. The van der Waals surface area contributed by atoms with Gasteiger partial charge in [0.2, 0.25) is 0 Å². The van der Waals surface area contributed by atoms with Gasteiger partial charge in [0, 0.05) is 57.3 Å². The number of aryl methyl sites for hydroxylation is 1. The minimum atomic E-state index is -0.355. The van der Waals surface area contributed by atoms with Crippen LogP contribution in [0, 0.1) is 12.7 Å². The minimum Gasteiger partial charge on any atom is -0.351 e. The standard InChI is InChI=1S/C23H29FN8OS/c1-14-15(2)28-29(4)21(14)18-6-5-17(24)22(27-18)30-9-11-31(12-10-30)23(33)32-20(7-8-25-32)19-13-34-16(3)26-19/h5-6,8,13,15,20,28H,7,9-12H2,1-4H3. The first-order valence-corrected chi connectivity index (χ1v) is 12.4. The molecule has 5 rings (SSSR count). The van der Waals surface area contributed by atoms with Gasteiger partial charge >= 0.3 is 6.03 Å². The van der Waals surface area contributed by atoms with Crippen molar-refractivity contribution in [2.75, 3.05) is 38.1 Å². The molecule has 1 fully saturated rings. The molecule has 0 bridgehead atoms. The van der Waals surface area contributed by atoms with E-state index in [1.54, 1.807) is 28.5 Å². The summed E-state index contributed by atoms with van der Waals surface area (Å²) in [5.41, 5.74) is 7.09. The predicted molar refractivity (Wildman–Crippen MR) is 131 cm³/mol. The summed E-state index contributed by atoms with van der Waals surface area (Å²) in [6, 6.07) is 3.10. The molecule has 0 saturated carbocycles. The van der Waals surface area contributed by atoms with Crippen molar-refractivity contribution in [3.8, 4) is 0 Å². The minimum absolute atomic E-state index is 0.139. The number of carbonyl (C=O) groups excluding carboxylic acids is 1. The van der Waals surface area contributed by atoms with E-state index in [0.29, 0.717) is 38.4 Å². The predicted octanol–water partition coefficient (Wildman–Crippen LogP) is 3.23. The second-order valence-electron chi connectivity index (χ2n) is 8.89. The van der Waals surface area contributed by atoms with Gasteiger partial charge in [-0.15, -0.1) is 11.3 Å². The lowest BCUT2D eigenvalue weighted by atomic mass is 10.1. The summed E-state index contributed by atoms with van der Waals surface area (Å²) in [6.45, 7) is 8.05. The van der Waals surface area contributed by atoms with Crippen LogP contribution in [0.2, 0.25) is 0 Å². The van der Waals surface area contributed by atoms with Crippen LogP contribution < -0.4 is 10.3 Å².